The minimum absolute atomic E-state index is 0.309. The van der Waals surface area contributed by atoms with Gasteiger partial charge >= 0.3 is 5.97 Å². The van der Waals surface area contributed by atoms with Crippen molar-refractivity contribution in [3.8, 4) is 0 Å². The molecule has 4 nitrogen and oxygen atoms in total. The van der Waals surface area contributed by atoms with E-state index in [2.05, 4.69) is 10.3 Å². The Labute approximate surface area is 156 Å². The number of thiophene rings is 1. The zero-order valence-corrected chi connectivity index (χ0v) is 16.3. The highest BCUT2D eigenvalue weighted by Gasteiger charge is 2.26. The Balaban J connectivity index is 2.11. The Morgan fingerprint density at radius 1 is 1.19 bits per heavy atom. The van der Waals surface area contributed by atoms with Gasteiger partial charge in [-0.05, 0) is 64.4 Å². The number of carbonyl (C=O) groups excluding carboxylic acids is 1. The van der Waals surface area contributed by atoms with E-state index in [1.165, 1.54) is 17.4 Å². The van der Waals surface area contributed by atoms with E-state index in [-0.39, 0.29) is 5.82 Å². The molecule has 0 aliphatic rings. The first kappa shape index (κ1) is 18.3. The summed E-state index contributed by atoms with van der Waals surface area (Å²) < 4.78 is 19.8. The molecule has 6 heteroatoms. The number of pyridine rings is 1. The molecule has 0 amide bonds. The quantitative estimate of drug-likeness (QED) is 0.595. The number of nitrogens with one attached hydrogen (secondary N) is 1. The van der Waals surface area contributed by atoms with E-state index in [1.54, 1.807) is 6.07 Å². The molecule has 1 aromatic carbocycles. The van der Waals surface area contributed by atoms with Crippen LogP contribution in [0.4, 0.5) is 15.1 Å². The lowest BCUT2D eigenvalue weighted by Gasteiger charge is -2.20. The summed E-state index contributed by atoms with van der Waals surface area (Å²) in [6.07, 6.45) is 0. The summed E-state index contributed by atoms with van der Waals surface area (Å²) in [4.78, 5) is 18.0. The highest BCUT2D eigenvalue weighted by Crippen LogP contribution is 2.38. The smallest absolute Gasteiger partial charge is 0.342 e. The zero-order valence-electron chi connectivity index (χ0n) is 15.4. The molecular formula is C20H21FN2O2S. The van der Waals surface area contributed by atoms with Crippen LogP contribution < -0.4 is 5.32 Å². The van der Waals surface area contributed by atoms with E-state index in [0.29, 0.717) is 26.5 Å². The molecule has 3 rings (SSSR count). The lowest BCUT2D eigenvalue weighted by molar-refractivity contribution is 0.00734. The first-order chi connectivity index (χ1) is 12.1. The molecule has 0 radical (unpaired) electrons. The Morgan fingerprint density at radius 2 is 1.92 bits per heavy atom. The second-order valence-corrected chi connectivity index (χ2v) is 8.22. The van der Waals surface area contributed by atoms with Crippen molar-refractivity contribution in [1.29, 1.82) is 0 Å². The van der Waals surface area contributed by atoms with Gasteiger partial charge in [0.15, 0.2) is 0 Å². The van der Waals surface area contributed by atoms with Crippen LogP contribution in [0.3, 0.4) is 0 Å². The van der Waals surface area contributed by atoms with E-state index in [9.17, 15) is 9.18 Å². The molecule has 0 saturated carbocycles. The molecule has 0 atom stereocenters. The van der Waals surface area contributed by atoms with Gasteiger partial charge in [-0.3, -0.25) is 0 Å². The molecule has 0 bridgehead atoms. The maximum absolute atomic E-state index is 14.3. The fraction of sp³-hybridized carbons (Fsp3) is 0.300. The van der Waals surface area contributed by atoms with E-state index in [1.807, 2.05) is 52.8 Å². The molecule has 26 heavy (non-hydrogen) atoms. The van der Waals surface area contributed by atoms with Crippen LogP contribution in [0.2, 0.25) is 0 Å². The van der Waals surface area contributed by atoms with Crippen LogP contribution in [-0.2, 0) is 4.74 Å². The first-order valence-electron chi connectivity index (χ1n) is 8.31. The molecule has 0 saturated heterocycles. The van der Waals surface area contributed by atoms with Crippen molar-refractivity contribution in [2.24, 2.45) is 0 Å². The number of benzene rings is 1. The maximum atomic E-state index is 14.3. The number of hydrogen-bond acceptors (Lipinski definition) is 5. The average Bonchev–Trinajstić information content (AvgIpc) is 2.85. The number of aromatic nitrogens is 1. The standard InChI is InChI=1S/C20H21FN2O2S/c1-11-6-9-15(14(21)10-11)23-18-16(19(24)25-20(3,4)5)13-8-7-12(2)22-17(13)26-18/h6-10,23H,1-5H3. The summed E-state index contributed by atoms with van der Waals surface area (Å²) in [5.74, 6) is -0.828. The number of hydrogen-bond donors (Lipinski definition) is 1. The van der Waals surface area contributed by atoms with Gasteiger partial charge in [-0.15, -0.1) is 0 Å². The Bertz CT molecular complexity index is 989. The summed E-state index contributed by atoms with van der Waals surface area (Å²) in [5.41, 5.74) is 1.74. The third kappa shape index (κ3) is 3.85. The third-order valence-electron chi connectivity index (χ3n) is 3.67. The van der Waals surface area contributed by atoms with Gasteiger partial charge in [0.25, 0.3) is 0 Å². The molecule has 0 aliphatic heterocycles. The molecule has 0 aliphatic carbocycles. The number of ether oxygens (including phenoxy) is 1. The molecule has 3 aromatic rings. The van der Waals surface area contributed by atoms with Gasteiger partial charge in [0, 0.05) is 11.1 Å². The highest BCUT2D eigenvalue weighted by atomic mass is 32.1. The van der Waals surface area contributed by atoms with Crippen molar-refractivity contribution in [2.45, 2.75) is 40.2 Å². The molecule has 2 heterocycles. The van der Waals surface area contributed by atoms with Gasteiger partial charge < -0.3 is 10.1 Å². The second-order valence-electron chi connectivity index (χ2n) is 7.22. The number of aryl methyl sites for hydroxylation is 2. The monoisotopic (exact) mass is 372 g/mol. The number of esters is 1. The van der Waals surface area contributed by atoms with Gasteiger partial charge in [0.2, 0.25) is 0 Å². The number of anilines is 2. The average molecular weight is 372 g/mol. The van der Waals surface area contributed by atoms with Crippen LogP contribution in [-0.4, -0.2) is 16.6 Å². The topological polar surface area (TPSA) is 51.2 Å². The van der Waals surface area contributed by atoms with Gasteiger partial charge in [-0.25, -0.2) is 14.2 Å². The van der Waals surface area contributed by atoms with Gasteiger partial charge in [-0.2, -0.15) is 0 Å². The lowest BCUT2D eigenvalue weighted by Crippen LogP contribution is -2.24. The van der Waals surface area contributed by atoms with Crippen LogP contribution in [0.5, 0.6) is 0 Å². The summed E-state index contributed by atoms with van der Waals surface area (Å²) in [7, 11) is 0. The number of nitrogens with zero attached hydrogens (tertiary/aromatic N) is 1. The molecule has 136 valence electrons. The van der Waals surface area contributed by atoms with Crippen molar-refractivity contribution in [3.05, 3.63) is 53.0 Å². The number of rotatable bonds is 3. The van der Waals surface area contributed by atoms with Crippen molar-refractivity contribution in [2.75, 3.05) is 5.32 Å². The van der Waals surface area contributed by atoms with Crippen LogP contribution in [0.15, 0.2) is 30.3 Å². The SMILES string of the molecule is Cc1ccc(Nc2sc3nc(C)ccc3c2C(=O)OC(C)(C)C)c(F)c1. The van der Waals surface area contributed by atoms with Crippen LogP contribution >= 0.6 is 11.3 Å². The largest absolute Gasteiger partial charge is 0.456 e. The fourth-order valence-electron chi connectivity index (χ4n) is 2.53. The summed E-state index contributed by atoms with van der Waals surface area (Å²) >= 11 is 1.31. The molecule has 2 aromatic heterocycles. The normalized spacial score (nSPS) is 11.6. The summed E-state index contributed by atoms with van der Waals surface area (Å²) in [5, 5.41) is 4.27. The minimum atomic E-state index is -0.629. The Kier molecular flexibility index (Phi) is 4.71. The molecular weight excluding hydrogens is 351 g/mol. The molecule has 0 unspecified atom stereocenters. The van der Waals surface area contributed by atoms with Crippen LogP contribution in [0.1, 0.15) is 42.4 Å². The van der Waals surface area contributed by atoms with E-state index in [4.69, 9.17) is 4.74 Å². The van der Waals surface area contributed by atoms with E-state index >= 15 is 0 Å². The van der Waals surface area contributed by atoms with Gasteiger partial charge in [0.05, 0.1) is 5.69 Å². The van der Waals surface area contributed by atoms with Crippen molar-refractivity contribution < 1.29 is 13.9 Å². The second kappa shape index (κ2) is 6.68. The fourth-order valence-corrected chi connectivity index (χ4v) is 3.65. The highest BCUT2D eigenvalue weighted by molar-refractivity contribution is 7.23. The molecule has 1 N–H and O–H groups in total. The van der Waals surface area contributed by atoms with E-state index in [0.717, 1.165) is 11.3 Å². The zero-order chi connectivity index (χ0) is 19.1. The lowest BCUT2D eigenvalue weighted by atomic mass is 10.1. The van der Waals surface area contributed by atoms with Crippen molar-refractivity contribution >= 4 is 38.2 Å². The Hall–Kier alpha value is -2.47. The minimum Gasteiger partial charge on any atom is -0.456 e. The van der Waals surface area contributed by atoms with Crippen molar-refractivity contribution in [3.63, 3.8) is 0 Å². The third-order valence-corrected chi connectivity index (χ3v) is 4.69. The summed E-state index contributed by atoms with van der Waals surface area (Å²) in [6, 6.07) is 8.62. The Morgan fingerprint density at radius 3 is 2.58 bits per heavy atom. The molecule has 0 spiro atoms. The van der Waals surface area contributed by atoms with Gasteiger partial charge in [0.1, 0.15) is 26.8 Å². The predicted molar refractivity (Wildman–Crippen MR) is 104 cm³/mol. The number of halogens is 1. The van der Waals surface area contributed by atoms with Gasteiger partial charge in [-0.1, -0.05) is 17.4 Å². The summed E-state index contributed by atoms with van der Waals surface area (Å²) in [6.45, 7) is 9.15. The van der Waals surface area contributed by atoms with Crippen LogP contribution in [0, 0.1) is 19.7 Å². The van der Waals surface area contributed by atoms with Crippen LogP contribution in [0.25, 0.3) is 10.2 Å². The van der Waals surface area contributed by atoms with Crippen molar-refractivity contribution in [1.82, 2.24) is 4.98 Å². The number of carbonyl (C=O) groups is 1. The number of fused-ring (bicyclic) bond motifs is 1. The van der Waals surface area contributed by atoms with E-state index < -0.39 is 11.6 Å². The maximum Gasteiger partial charge on any atom is 0.342 e. The first-order valence-corrected chi connectivity index (χ1v) is 9.12. The predicted octanol–water partition coefficient (Wildman–Crippen LogP) is 5.75. The molecule has 0 fully saturated rings.